The molecule has 0 saturated carbocycles. The molecule has 4 heteroatoms. The van der Waals surface area contributed by atoms with E-state index in [0.717, 1.165) is 44.4 Å². The number of carboxylic acid groups (broad SMARTS) is 1. The molecule has 0 spiro atoms. The van der Waals surface area contributed by atoms with Gasteiger partial charge in [-0.3, -0.25) is 0 Å². The molecule has 6 aromatic rings. The van der Waals surface area contributed by atoms with Gasteiger partial charge in [0.15, 0.2) is 5.69 Å². The summed E-state index contributed by atoms with van der Waals surface area (Å²) < 4.78 is 2.18. The number of rotatable bonds is 5. The van der Waals surface area contributed by atoms with Crippen LogP contribution in [0.1, 0.15) is 10.5 Å². The molecule has 0 aliphatic carbocycles. The van der Waals surface area contributed by atoms with Crippen LogP contribution in [0.2, 0.25) is 0 Å². The lowest BCUT2D eigenvalue weighted by Crippen LogP contribution is -2.06. The number of aromatic carboxylic acids is 1. The molecule has 0 atom stereocenters. The predicted octanol–water partition coefficient (Wildman–Crippen LogP) is 7.94. The van der Waals surface area contributed by atoms with Crippen LogP contribution < -0.4 is 0 Å². The second-order valence-corrected chi connectivity index (χ2v) is 8.96. The molecule has 1 N–H and O–H groups in total. The Labute approximate surface area is 215 Å². The van der Waals surface area contributed by atoms with Crippen LogP contribution in [-0.4, -0.2) is 20.6 Å². The van der Waals surface area contributed by atoms with Crippen molar-refractivity contribution in [1.29, 1.82) is 0 Å². The summed E-state index contributed by atoms with van der Waals surface area (Å²) in [6.45, 7) is 0. The average Bonchev–Trinajstić information content (AvgIpc) is 3.26. The van der Waals surface area contributed by atoms with Gasteiger partial charge in [0.2, 0.25) is 0 Å². The minimum absolute atomic E-state index is 0.0416. The van der Waals surface area contributed by atoms with Gasteiger partial charge >= 0.3 is 5.97 Å². The Morgan fingerprint density at radius 1 is 0.595 bits per heavy atom. The molecular formula is C33H24N2O2. The zero-order valence-corrected chi connectivity index (χ0v) is 20.3. The quantitative estimate of drug-likeness (QED) is 0.272. The van der Waals surface area contributed by atoms with Crippen molar-refractivity contribution in [2.45, 2.75) is 0 Å². The molecule has 0 unspecified atom stereocenters. The minimum atomic E-state index is -1.05. The molecule has 178 valence electrons. The van der Waals surface area contributed by atoms with Crippen LogP contribution in [0.4, 0.5) is 0 Å². The lowest BCUT2D eigenvalue weighted by atomic mass is 9.92. The molecule has 2 aromatic heterocycles. The van der Waals surface area contributed by atoms with Gasteiger partial charge in [-0.2, -0.15) is 0 Å². The Morgan fingerprint density at radius 2 is 1.00 bits per heavy atom. The summed E-state index contributed by atoms with van der Waals surface area (Å²) in [4.78, 5) is 17.6. The first kappa shape index (κ1) is 22.5. The standard InChI is InChI=1S/C33H24N2O2/c1-35-31(24-18-10-4-11-19-24)27-26(22-14-6-2-7-15-22)30(33(36)37)34-29(23-16-8-3-9-17-23)28(27)32(35)25-20-12-5-13-21-25/h2-21H,1H3,(H,36,37). The molecule has 0 fully saturated rings. The van der Waals surface area contributed by atoms with Gasteiger partial charge < -0.3 is 9.67 Å². The lowest BCUT2D eigenvalue weighted by Gasteiger charge is -2.14. The van der Waals surface area contributed by atoms with E-state index in [9.17, 15) is 9.90 Å². The predicted molar refractivity (Wildman–Crippen MR) is 149 cm³/mol. The molecule has 0 aliphatic heterocycles. The fourth-order valence-corrected chi connectivity index (χ4v) is 5.21. The van der Waals surface area contributed by atoms with Gasteiger partial charge in [0.1, 0.15) is 0 Å². The van der Waals surface area contributed by atoms with Crippen LogP contribution in [0, 0.1) is 0 Å². The highest BCUT2D eigenvalue weighted by Crippen LogP contribution is 2.47. The summed E-state index contributed by atoms with van der Waals surface area (Å²) in [5, 5.41) is 12.3. The van der Waals surface area contributed by atoms with Crippen molar-refractivity contribution in [3.8, 4) is 44.9 Å². The fraction of sp³-hybridized carbons (Fsp3) is 0.0303. The number of hydrogen-bond donors (Lipinski definition) is 1. The second kappa shape index (κ2) is 9.25. The molecule has 0 amide bonds. The summed E-state index contributed by atoms with van der Waals surface area (Å²) in [7, 11) is 2.05. The molecule has 0 radical (unpaired) electrons. The van der Waals surface area contributed by atoms with Gasteiger partial charge in [0.25, 0.3) is 0 Å². The topological polar surface area (TPSA) is 55.1 Å². The molecule has 37 heavy (non-hydrogen) atoms. The zero-order valence-electron chi connectivity index (χ0n) is 20.3. The van der Waals surface area contributed by atoms with E-state index < -0.39 is 5.97 Å². The molecular weight excluding hydrogens is 456 g/mol. The van der Waals surface area contributed by atoms with Crippen molar-refractivity contribution in [2.75, 3.05) is 0 Å². The third-order valence-corrected chi connectivity index (χ3v) is 6.75. The van der Waals surface area contributed by atoms with Gasteiger partial charge in [-0.15, -0.1) is 0 Å². The van der Waals surface area contributed by atoms with Crippen LogP contribution in [0.15, 0.2) is 121 Å². The number of pyridine rings is 1. The summed E-state index contributed by atoms with van der Waals surface area (Å²) in [5.41, 5.74) is 7.01. The van der Waals surface area contributed by atoms with E-state index in [4.69, 9.17) is 4.98 Å². The maximum Gasteiger partial charge on any atom is 0.355 e. The summed E-state index contributed by atoms with van der Waals surface area (Å²) in [6.07, 6.45) is 0. The van der Waals surface area contributed by atoms with Crippen molar-refractivity contribution >= 4 is 16.7 Å². The highest BCUT2D eigenvalue weighted by Gasteiger charge is 2.29. The Hall–Kier alpha value is -4.96. The van der Waals surface area contributed by atoms with Gasteiger partial charge in [0.05, 0.1) is 17.1 Å². The van der Waals surface area contributed by atoms with Crippen LogP contribution in [0.5, 0.6) is 0 Å². The van der Waals surface area contributed by atoms with Gasteiger partial charge in [0, 0.05) is 28.9 Å². The van der Waals surface area contributed by atoms with E-state index in [1.54, 1.807) is 0 Å². The second-order valence-electron chi connectivity index (χ2n) is 8.96. The van der Waals surface area contributed by atoms with Crippen molar-refractivity contribution in [3.63, 3.8) is 0 Å². The molecule has 0 bridgehead atoms. The van der Waals surface area contributed by atoms with Gasteiger partial charge in [-0.25, -0.2) is 9.78 Å². The Morgan fingerprint density at radius 3 is 1.46 bits per heavy atom. The number of aromatic nitrogens is 2. The molecule has 4 aromatic carbocycles. The van der Waals surface area contributed by atoms with E-state index in [1.165, 1.54) is 0 Å². The first-order valence-corrected chi connectivity index (χ1v) is 12.2. The van der Waals surface area contributed by atoms with E-state index in [2.05, 4.69) is 35.9 Å². The summed E-state index contributed by atoms with van der Waals surface area (Å²) in [5.74, 6) is -1.05. The van der Waals surface area contributed by atoms with Gasteiger partial charge in [-0.05, 0) is 16.7 Å². The number of hydrogen-bond acceptors (Lipinski definition) is 2. The Kier molecular flexibility index (Phi) is 5.62. The van der Waals surface area contributed by atoms with Crippen LogP contribution in [0.25, 0.3) is 55.7 Å². The van der Waals surface area contributed by atoms with Crippen molar-refractivity contribution in [1.82, 2.24) is 9.55 Å². The number of fused-ring (bicyclic) bond motifs is 1. The van der Waals surface area contributed by atoms with Crippen LogP contribution in [-0.2, 0) is 7.05 Å². The molecule has 6 rings (SSSR count). The van der Waals surface area contributed by atoms with Crippen LogP contribution in [0.3, 0.4) is 0 Å². The van der Waals surface area contributed by atoms with E-state index in [0.29, 0.717) is 11.3 Å². The van der Waals surface area contributed by atoms with Gasteiger partial charge in [-0.1, -0.05) is 121 Å². The molecule has 0 saturated heterocycles. The number of carbonyl (C=O) groups is 1. The number of benzene rings is 4. The highest BCUT2D eigenvalue weighted by molar-refractivity contribution is 6.20. The van der Waals surface area contributed by atoms with Crippen molar-refractivity contribution < 1.29 is 9.90 Å². The average molecular weight is 481 g/mol. The number of carboxylic acids is 1. The largest absolute Gasteiger partial charge is 0.476 e. The normalized spacial score (nSPS) is 11.1. The first-order chi connectivity index (χ1) is 18.1. The first-order valence-electron chi connectivity index (χ1n) is 12.2. The summed E-state index contributed by atoms with van der Waals surface area (Å²) >= 11 is 0. The third kappa shape index (κ3) is 3.80. The lowest BCUT2D eigenvalue weighted by molar-refractivity contribution is 0.0691. The minimum Gasteiger partial charge on any atom is -0.476 e. The van der Waals surface area contributed by atoms with Crippen molar-refractivity contribution in [2.24, 2.45) is 7.05 Å². The molecule has 2 heterocycles. The molecule has 4 nitrogen and oxygen atoms in total. The monoisotopic (exact) mass is 480 g/mol. The highest BCUT2D eigenvalue weighted by atomic mass is 16.4. The maximum atomic E-state index is 12.8. The third-order valence-electron chi connectivity index (χ3n) is 6.75. The van der Waals surface area contributed by atoms with Crippen molar-refractivity contribution in [3.05, 3.63) is 127 Å². The Balaban J connectivity index is 1.91. The smallest absolute Gasteiger partial charge is 0.355 e. The zero-order chi connectivity index (χ0) is 25.4. The number of nitrogens with zero attached hydrogens (tertiary/aromatic N) is 2. The molecule has 0 aliphatic rings. The maximum absolute atomic E-state index is 12.8. The van der Waals surface area contributed by atoms with E-state index >= 15 is 0 Å². The van der Waals surface area contributed by atoms with E-state index in [1.807, 2.05) is 97.1 Å². The SMILES string of the molecule is Cn1c(-c2ccccc2)c2c(-c3ccccc3)nc(C(=O)O)c(-c3ccccc3)c2c1-c1ccccc1. The van der Waals surface area contributed by atoms with E-state index in [-0.39, 0.29) is 5.69 Å². The van der Waals surface area contributed by atoms with Crippen LogP contribution >= 0.6 is 0 Å². The summed E-state index contributed by atoms with van der Waals surface area (Å²) in [6, 6.07) is 39.9. The Bertz CT molecular complexity index is 1720. The fourth-order valence-electron chi connectivity index (χ4n) is 5.21.